The lowest BCUT2D eigenvalue weighted by Crippen LogP contribution is -2.40. The van der Waals surface area contributed by atoms with Crippen molar-refractivity contribution >= 4 is 23.5 Å². The van der Waals surface area contributed by atoms with Crippen LogP contribution < -0.4 is 10.7 Å². The maximum absolute atomic E-state index is 5.18. The summed E-state index contributed by atoms with van der Waals surface area (Å²) in [4.78, 5) is 0. The highest BCUT2D eigenvalue weighted by Crippen LogP contribution is 2.15. The van der Waals surface area contributed by atoms with Gasteiger partial charge in [0, 0.05) is 36.6 Å². The van der Waals surface area contributed by atoms with Crippen LogP contribution in [0.25, 0.3) is 0 Å². The Morgan fingerprint density at radius 3 is 2.68 bits per heavy atom. The van der Waals surface area contributed by atoms with Crippen LogP contribution in [0.3, 0.4) is 0 Å². The molecule has 0 radical (unpaired) electrons. The third-order valence-corrected chi connectivity index (χ3v) is 3.53. The second kappa shape index (κ2) is 8.90. The van der Waals surface area contributed by atoms with Crippen molar-refractivity contribution in [1.29, 1.82) is 0 Å². The lowest BCUT2D eigenvalue weighted by Gasteiger charge is -2.13. The minimum absolute atomic E-state index is 0.149. The predicted octanol–water partition coefficient (Wildman–Crippen LogP) is 2.59. The summed E-state index contributed by atoms with van der Waals surface area (Å²) in [6, 6.07) is 2.30. The largest absolute Gasteiger partial charge is 0.383 e. The topological polar surface area (TPSA) is 50.6 Å². The van der Waals surface area contributed by atoms with Crippen LogP contribution in [0.4, 0.5) is 0 Å². The number of thiocarbonyl (C=S) groups is 1. The maximum Gasteiger partial charge on any atom is 0.187 e. The van der Waals surface area contributed by atoms with Crippen LogP contribution in [0.2, 0.25) is 0 Å². The van der Waals surface area contributed by atoms with Gasteiger partial charge in [-0.2, -0.15) is 5.10 Å². The molecule has 1 rings (SSSR count). The van der Waals surface area contributed by atoms with Crippen LogP contribution in [0, 0.1) is 19.8 Å². The van der Waals surface area contributed by atoms with Gasteiger partial charge in [-0.15, -0.1) is 0 Å². The first-order valence-electron chi connectivity index (χ1n) is 7.60. The first-order valence-corrected chi connectivity index (χ1v) is 8.01. The predicted molar refractivity (Wildman–Crippen MR) is 96.5 cm³/mol. The van der Waals surface area contributed by atoms with Crippen molar-refractivity contribution < 1.29 is 4.74 Å². The fourth-order valence-electron chi connectivity index (χ4n) is 2.31. The van der Waals surface area contributed by atoms with E-state index < -0.39 is 0 Å². The fourth-order valence-corrected chi connectivity index (χ4v) is 2.57. The SMILES string of the molecule is COC[C@@H](C)NC(=S)N/N=C\c1cc(C)n(CC(C)C)c1C. The highest BCUT2D eigenvalue weighted by Gasteiger charge is 2.08. The van der Waals surface area contributed by atoms with Crippen molar-refractivity contribution in [2.75, 3.05) is 13.7 Å². The number of hydrogen-bond acceptors (Lipinski definition) is 3. The van der Waals surface area contributed by atoms with E-state index in [4.69, 9.17) is 17.0 Å². The van der Waals surface area contributed by atoms with Crippen LogP contribution in [-0.4, -0.2) is 35.7 Å². The van der Waals surface area contributed by atoms with Crippen molar-refractivity contribution in [2.45, 2.75) is 47.2 Å². The molecule has 0 unspecified atom stereocenters. The molecular weight excluding hydrogens is 296 g/mol. The Morgan fingerprint density at radius 2 is 2.09 bits per heavy atom. The molecule has 0 aliphatic rings. The van der Waals surface area contributed by atoms with Crippen molar-refractivity contribution in [2.24, 2.45) is 11.0 Å². The molecule has 0 amide bonds. The van der Waals surface area contributed by atoms with Gasteiger partial charge in [-0.25, -0.2) is 0 Å². The summed E-state index contributed by atoms with van der Waals surface area (Å²) in [6.45, 7) is 12.3. The standard InChI is InChI=1S/C16H28N4OS/c1-11(2)9-20-13(4)7-15(14(20)5)8-17-19-16(22)18-12(3)10-21-6/h7-8,11-12H,9-10H2,1-6H3,(H2,18,19,22)/b17-8-/t12-/m1/s1. The molecule has 1 aromatic heterocycles. The molecule has 22 heavy (non-hydrogen) atoms. The van der Waals surface area contributed by atoms with Gasteiger partial charge < -0.3 is 14.6 Å². The van der Waals surface area contributed by atoms with Gasteiger partial charge in [0.05, 0.1) is 12.8 Å². The quantitative estimate of drug-likeness (QED) is 0.460. The van der Waals surface area contributed by atoms with Crippen LogP contribution in [0.15, 0.2) is 11.2 Å². The number of ether oxygens (including phenoxy) is 1. The molecule has 1 aromatic rings. The summed E-state index contributed by atoms with van der Waals surface area (Å²) in [7, 11) is 1.67. The normalized spacial score (nSPS) is 12.9. The van der Waals surface area contributed by atoms with Crippen LogP contribution in [0.1, 0.15) is 37.7 Å². The summed E-state index contributed by atoms with van der Waals surface area (Å²) in [5.74, 6) is 0.617. The molecule has 124 valence electrons. The second-order valence-electron chi connectivity index (χ2n) is 6.03. The molecule has 0 saturated heterocycles. The third kappa shape index (κ3) is 5.77. The molecule has 5 nitrogen and oxygen atoms in total. The van der Waals surface area contributed by atoms with E-state index in [1.54, 1.807) is 7.11 Å². The van der Waals surface area contributed by atoms with Crippen molar-refractivity contribution in [3.05, 3.63) is 23.0 Å². The number of aryl methyl sites for hydroxylation is 1. The van der Waals surface area contributed by atoms with E-state index in [1.165, 1.54) is 11.4 Å². The number of hydrazone groups is 1. The summed E-state index contributed by atoms with van der Waals surface area (Å²) >= 11 is 5.18. The molecular formula is C16H28N4OS. The Balaban J connectivity index is 2.62. The zero-order valence-corrected chi connectivity index (χ0v) is 15.3. The number of rotatable bonds is 7. The third-order valence-electron chi connectivity index (χ3n) is 3.32. The summed E-state index contributed by atoms with van der Waals surface area (Å²) in [5, 5.41) is 7.81. The summed E-state index contributed by atoms with van der Waals surface area (Å²) in [6.07, 6.45) is 1.81. The van der Waals surface area contributed by atoms with E-state index in [1.807, 2.05) is 13.1 Å². The number of nitrogens with one attached hydrogen (secondary N) is 2. The number of methoxy groups -OCH3 is 1. The van der Waals surface area contributed by atoms with Gasteiger partial charge in [0.1, 0.15) is 0 Å². The number of hydrogen-bond donors (Lipinski definition) is 2. The van der Waals surface area contributed by atoms with Crippen molar-refractivity contribution in [3.8, 4) is 0 Å². The van der Waals surface area contributed by atoms with Gasteiger partial charge in [0.2, 0.25) is 0 Å². The number of nitrogens with zero attached hydrogens (tertiary/aromatic N) is 2. The van der Waals surface area contributed by atoms with E-state index in [9.17, 15) is 0 Å². The highest BCUT2D eigenvalue weighted by atomic mass is 32.1. The Hall–Kier alpha value is -1.40. The molecule has 0 saturated carbocycles. The average molecular weight is 324 g/mol. The van der Waals surface area contributed by atoms with E-state index in [0.717, 1.165) is 12.1 Å². The van der Waals surface area contributed by atoms with Gasteiger partial charge in [-0.05, 0) is 45.0 Å². The summed E-state index contributed by atoms with van der Waals surface area (Å²) in [5.41, 5.74) is 6.43. The fraction of sp³-hybridized carbons (Fsp3) is 0.625. The van der Waals surface area contributed by atoms with Gasteiger partial charge >= 0.3 is 0 Å². The summed E-state index contributed by atoms with van der Waals surface area (Å²) < 4.78 is 7.37. The molecule has 0 aliphatic heterocycles. The smallest absolute Gasteiger partial charge is 0.187 e. The molecule has 0 fully saturated rings. The zero-order valence-electron chi connectivity index (χ0n) is 14.4. The van der Waals surface area contributed by atoms with Gasteiger partial charge in [0.25, 0.3) is 0 Å². The highest BCUT2D eigenvalue weighted by molar-refractivity contribution is 7.80. The minimum atomic E-state index is 0.149. The van der Waals surface area contributed by atoms with Gasteiger partial charge in [0.15, 0.2) is 5.11 Å². The van der Waals surface area contributed by atoms with E-state index >= 15 is 0 Å². The lowest BCUT2D eigenvalue weighted by atomic mass is 10.2. The molecule has 1 heterocycles. The van der Waals surface area contributed by atoms with Crippen molar-refractivity contribution in [3.63, 3.8) is 0 Å². The maximum atomic E-state index is 5.18. The number of aromatic nitrogens is 1. The molecule has 0 aliphatic carbocycles. The monoisotopic (exact) mass is 324 g/mol. The van der Waals surface area contributed by atoms with Gasteiger partial charge in [-0.3, -0.25) is 5.43 Å². The molecule has 1 atom stereocenters. The Morgan fingerprint density at radius 1 is 1.41 bits per heavy atom. The van der Waals surface area contributed by atoms with E-state index in [0.29, 0.717) is 17.6 Å². The second-order valence-corrected chi connectivity index (χ2v) is 6.44. The Labute approximate surface area is 139 Å². The Kier molecular flexibility index (Phi) is 7.55. The van der Waals surface area contributed by atoms with E-state index in [2.05, 4.69) is 54.2 Å². The zero-order chi connectivity index (χ0) is 16.7. The lowest BCUT2D eigenvalue weighted by molar-refractivity contribution is 0.179. The van der Waals surface area contributed by atoms with Crippen LogP contribution >= 0.6 is 12.2 Å². The van der Waals surface area contributed by atoms with Crippen LogP contribution in [0.5, 0.6) is 0 Å². The minimum Gasteiger partial charge on any atom is -0.383 e. The average Bonchev–Trinajstić information content (AvgIpc) is 2.66. The Bertz CT molecular complexity index is 522. The first kappa shape index (κ1) is 18.6. The molecule has 0 bridgehead atoms. The van der Waals surface area contributed by atoms with Crippen LogP contribution in [-0.2, 0) is 11.3 Å². The molecule has 2 N–H and O–H groups in total. The molecule has 0 spiro atoms. The van der Waals surface area contributed by atoms with Crippen molar-refractivity contribution in [1.82, 2.24) is 15.3 Å². The molecule has 0 aromatic carbocycles. The molecule has 6 heteroatoms. The van der Waals surface area contributed by atoms with Gasteiger partial charge in [-0.1, -0.05) is 13.8 Å². The first-order chi connectivity index (χ1) is 10.3. The van der Waals surface area contributed by atoms with E-state index in [-0.39, 0.29) is 6.04 Å².